The first-order valence-electron chi connectivity index (χ1n) is 8.44. The zero-order valence-corrected chi connectivity index (χ0v) is 15.3. The van der Waals surface area contributed by atoms with Gasteiger partial charge in [-0.3, -0.25) is 4.79 Å². The van der Waals surface area contributed by atoms with E-state index in [0.717, 1.165) is 17.0 Å². The van der Waals surface area contributed by atoms with Crippen molar-refractivity contribution in [2.24, 2.45) is 0 Å². The van der Waals surface area contributed by atoms with Crippen LogP contribution < -0.4 is 5.32 Å². The number of nitrogens with zero attached hydrogens (tertiary/aromatic N) is 3. The average molecular weight is 356 g/mol. The number of aromatic nitrogens is 3. The van der Waals surface area contributed by atoms with Gasteiger partial charge in [-0.05, 0) is 44.5 Å². The predicted octanol–water partition coefficient (Wildman–Crippen LogP) is 3.80. The number of benzene rings is 1. The summed E-state index contributed by atoms with van der Waals surface area (Å²) in [6, 6.07) is 6.55. The van der Waals surface area contributed by atoms with Crippen molar-refractivity contribution in [1.82, 2.24) is 14.8 Å². The molecule has 3 aromatic rings. The lowest BCUT2D eigenvalue weighted by molar-refractivity contribution is -0.116. The van der Waals surface area contributed by atoms with Crippen molar-refractivity contribution in [3.05, 3.63) is 52.9 Å². The Hall–Kier alpha value is -2.96. The lowest BCUT2D eigenvalue weighted by atomic mass is 10.2. The molecular weight excluding hydrogens is 335 g/mol. The number of amides is 1. The third kappa shape index (κ3) is 3.51. The number of hydrogen-bond acceptors (Lipinski definition) is 4. The maximum Gasteiger partial charge on any atom is 0.249 e. The van der Waals surface area contributed by atoms with Gasteiger partial charge in [-0.25, -0.2) is 4.39 Å². The number of carbonyl (C=O) groups is 1. The molecule has 0 unspecified atom stereocenters. The van der Waals surface area contributed by atoms with Crippen LogP contribution in [-0.2, 0) is 17.8 Å². The zero-order valence-electron chi connectivity index (χ0n) is 15.3. The van der Waals surface area contributed by atoms with Crippen LogP contribution >= 0.6 is 0 Å². The van der Waals surface area contributed by atoms with E-state index in [1.807, 2.05) is 31.4 Å². The van der Waals surface area contributed by atoms with Crippen LogP contribution in [0.2, 0.25) is 0 Å². The Labute approximate surface area is 151 Å². The molecular formula is C19H21FN4O2. The molecule has 6 nitrogen and oxygen atoms in total. The third-order valence-electron chi connectivity index (χ3n) is 4.33. The first-order chi connectivity index (χ1) is 12.4. The lowest BCUT2D eigenvalue weighted by Crippen LogP contribution is -2.20. The van der Waals surface area contributed by atoms with E-state index in [1.54, 1.807) is 19.1 Å². The molecule has 26 heavy (non-hydrogen) atoms. The summed E-state index contributed by atoms with van der Waals surface area (Å²) in [5.41, 5.74) is 3.54. The molecule has 7 heteroatoms. The lowest BCUT2D eigenvalue weighted by Gasteiger charge is -2.11. The molecule has 0 radical (unpaired) electrons. The summed E-state index contributed by atoms with van der Waals surface area (Å²) >= 11 is 0. The normalized spacial score (nSPS) is 11.0. The van der Waals surface area contributed by atoms with E-state index in [1.165, 1.54) is 6.07 Å². The van der Waals surface area contributed by atoms with Gasteiger partial charge in [0.05, 0.1) is 5.56 Å². The maximum absolute atomic E-state index is 13.6. The molecule has 3 rings (SSSR count). The molecule has 2 aromatic heterocycles. The van der Waals surface area contributed by atoms with Crippen LogP contribution in [0.25, 0.3) is 11.5 Å². The van der Waals surface area contributed by atoms with E-state index in [0.29, 0.717) is 29.5 Å². The third-order valence-corrected chi connectivity index (χ3v) is 4.33. The summed E-state index contributed by atoms with van der Waals surface area (Å²) in [5.74, 6) is 0.439. The van der Waals surface area contributed by atoms with Crippen molar-refractivity contribution in [2.75, 3.05) is 5.32 Å². The first kappa shape index (κ1) is 17.8. The van der Waals surface area contributed by atoms with E-state index in [2.05, 4.69) is 15.5 Å². The van der Waals surface area contributed by atoms with Gasteiger partial charge in [0.25, 0.3) is 0 Å². The summed E-state index contributed by atoms with van der Waals surface area (Å²) in [7, 11) is 0. The molecule has 0 saturated carbocycles. The fourth-order valence-corrected chi connectivity index (χ4v) is 2.78. The van der Waals surface area contributed by atoms with Crippen molar-refractivity contribution in [3.63, 3.8) is 0 Å². The first-order valence-corrected chi connectivity index (χ1v) is 8.44. The Kier molecular flexibility index (Phi) is 4.88. The fourth-order valence-electron chi connectivity index (χ4n) is 2.78. The van der Waals surface area contributed by atoms with E-state index in [9.17, 15) is 9.18 Å². The highest BCUT2D eigenvalue weighted by Crippen LogP contribution is 2.26. The van der Waals surface area contributed by atoms with Gasteiger partial charge < -0.3 is 14.3 Å². The van der Waals surface area contributed by atoms with Gasteiger partial charge in [-0.2, -0.15) is 0 Å². The van der Waals surface area contributed by atoms with Crippen LogP contribution in [0, 0.1) is 26.6 Å². The van der Waals surface area contributed by atoms with Crippen LogP contribution in [0.5, 0.6) is 0 Å². The fraction of sp³-hybridized carbons (Fsp3) is 0.316. The number of anilines is 1. The molecule has 1 N–H and O–H groups in total. The summed E-state index contributed by atoms with van der Waals surface area (Å²) in [4.78, 5) is 12.4. The maximum atomic E-state index is 13.6. The molecule has 0 saturated heterocycles. The Balaban J connectivity index is 1.79. The Bertz CT molecular complexity index is 959. The summed E-state index contributed by atoms with van der Waals surface area (Å²) in [6.07, 6.45) is 0.668. The van der Waals surface area contributed by atoms with Crippen molar-refractivity contribution >= 4 is 11.6 Å². The van der Waals surface area contributed by atoms with Crippen LogP contribution in [0.1, 0.15) is 29.8 Å². The largest absolute Gasteiger partial charge is 0.421 e. The van der Waals surface area contributed by atoms with Gasteiger partial charge in [0, 0.05) is 23.5 Å². The number of halogens is 1. The molecule has 1 amide bonds. The summed E-state index contributed by atoms with van der Waals surface area (Å²) < 4.78 is 21.1. The second-order valence-corrected chi connectivity index (χ2v) is 6.24. The van der Waals surface area contributed by atoms with Crippen LogP contribution in [0.15, 0.2) is 28.7 Å². The van der Waals surface area contributed by atoms with E-state index < -0.39 is 0 Å². The predicted molar refractivity (Wildman–Crippen MR) is 96.3 cm³/mol. The van der Waals surface area contributed by atoms with Crippen LogP contribution in [0.4, 0.5) is 10.1 Å². The number of rotatable bonds is 5. The second kappa shape index (κ2) is 7.11. The standard InChI is InChI=1S/C19H21FN4O2/c1-5-18-22-23-19(26-18)15-8-12(3)24(13(15)4)10-17(25)21-14-7-6-11(2)16(20)9-14/h6-9H,5,10H2,1-4H3,(H,21,25). The molecule has 0 aliphatic carbocycles. The quantitative estimate of drug-likeness (QED) is 0.755. The molecule has 0 aliphatic rings. The average Bonchev–Trinajstić information content (AvgIpc) is 3.18. The SMILES string of the molecule is CCc1nnc(-c2cc(C)n(CC(=O)Nc3ccc(C)c(F)c3)c2C)o1. The molecule has 2 heterocycles. The molecule has 0 aliphatic heterocycles. The van der Waals surface area contributed by atoms with Crippen molar-refractivity contribution in [1.29, 1.82) is 0 Å². The number of nitrogens with one attached hydrogen (secondary N) is 1. The van der Waals surface area contributed by atoms with Gasteiger partial charge in [-0.15, -0.1) is 10.2 Å². The highest BCUT2D eigenvalue weighted by Gasteiger charge is 2.17. The zero-order chi connectivity index (χ0) is 18.8. The molecule has 0 fully saturated rings. The van der Waals surface area contributed by atoms with Crippen LogP contribution in [-0.4, -0.2) is 20.7 Å². The molecule has 136 valence electrons. The van der Waals surface area contributed by atoms with Gasteiger partial charge in [0.1, 0.15) is 12.4 Å². The van der Waals surface area contributed by atoms with Gasteiger partial charge in [0.2, 0.25) is 17.7 Å². The van der Waals surface area contributed by atoms with Gasteiger partial charge >= 0.3 is 0 Å². The Morgan fingerprint density at radius 1 is 1.23 bits per heavy atom. The summed E-state index contributed by atoms with van der Waals surface area (Å²) in [6.45, 7) is 7.54. The monoisotopic (exact) mass is 356 g/mol. The number of aryl methyl sites for hydroxylation is 3. The van der Waals surface area contributed by atoms with E-state index >= 15 is 0 Å². The summed E-state index contributed by atoms with van der Waals surface area (Å²) in [5, 5.41) is 10.8. The molecule has 0 atom stereocenters. The van der Waals surface area contributed by atoms with Crippen LogP contribution in [0.3, 0.4) is 0 Å². The molecule has 0 spiro atoms. The minimum atomic E-state index is -0.346. The van der Waals surface area contributed by atoms with Gasteiger partial charge in [-0.1, -0.05) is 13.0 Å². The minimum Gasteiger partial charge on any atom is -0.421 e. The number of hydrogen-bond donors (Lipinski definition) is 1. The van der Waals surface area contributed by atoms with E-state index in [-0.39, 0.29) is 18.3 Å². The van der Waals surface area contributed by atoms with Crippen molar-refractivity contribution in [3.8, 4) is 11.5 Å². The van der Waals surface area contributed by atoms with Gasteiger partial charge in [0.15, 0.2) is 0 Å². The highest BCUT2D eigenvalue weighted by atomic mass is 19.1. The molecule has 1 aromatic carbocycles. The highest BCUT2D eigenvalue weighted by molar-refractivity contribution is 5.90. The second-order valence-electron chi connectivity index (χ2n) is 6.24. The minimum absolute atomic E-state index is 0.113. The smallest absolute Gasteiger partial charge is 0.249 e. The Morgan fingerprint density at radius 3 is 2.65 bits per heavy atom. The topological polar surface area (TPSA) is 73.0 Å². The van der Waals surface area contributed by atoms with Crippen molar-refractivity contribution < 1.29 is 13.6 Å². The molecule has 0 bridgehead atoms. The Morgan fingerprint density at radius 2 is 2.00 bits per heavy atom. The number of carbonyl (C=O) groups excluding carboxylic acids is 1. The van der Waals surface area contributed by atoms with E-state index in [4.69, 9.17) is 4.42 Å². The van der Waals surface area contributed by atoms with Crippen molar-refractivity contribution in [2.45, 2.75) is 40.7 Å².